The molecule has 2 nitrogen and oxygen atoms in total. The molecule has 0 saturated heterocycles. The van der Waals surface area contributed by atoms with Crippen molar-refractivity contribution >= 4 is 39.1 Å². The van der Waals surface area contributed by atoms with Gasteiger partial charge in [0.05, 0.1) is 0 Å². The summed E-state index contributed by atoms with van der Waals surface area (Å²) in [5.41, 5.74) is 3.55. The molecule has 0 unspecified atom stereocenters. The Balaban J connectivity index is 2.38. The number of hydrogen-bond acceptors (Lipinski definition) is 1. The first-order valence-corrected chi connectivity index (χ1v) is 8.11. The average Bonchev–Trinajstić information content (AvgIpc) is 2.47. The van der Waals surface area contributed by atoms with Crippen LogP contribution < -0.4 is 5.32 Å². The number of aryl methyl sites for hydroxylation is 1. The fraction of sp³-hybridized carbons (Fsp3) is 0.235. The summed E-state index contributed by atoms with van der Waals surface area (Å²) in [6.07, 6.45) is 1.62. The van der Waals surface area contributed by atoms with E-state index < -0.39 is 0 Å². The van der Waals surface area contributed by atoms with E-state index in [0.717, 1.165) is 34.1 Å². The summed E-state index contributed by atoms with van der Waals surface area (Å²) in [6, 6.07) is 11.2. The van der Waals surface area contributed by atoms with Crippen molar-refractivity contribution in [1.82, 2.24) is 0 Å². The molecule has 2 aromatic carbocycles. The maximum atomic E-state index is 12.4. The van der Waals surface area contributed by atoms with Crippen LogP contribution in [0.4, 0.5) is 5.69 Å². The molecule has 4 heteroatoms. The molecule has 110 valence electrons. The molecule has 2 aromatic rings. The molecule has 0 aromatic heterocycles. The monoisotopic (exact) mass is 365 g/mol. The lowest BCUT2D eigenvalue weighted by atomic mass is 10.0. The van der Waals surface area contributed by atoms with Gasteiger partial charge in [0.2, 0.25) is 0 Å². The zero-order valence-electron chi connectivity index (χ0n) is 12.0. The average molecular weight is 367 g/mol. The third kappa shape index (κ3) is 3.66. The van der Waals surface area contributed by atoms with Crippen molar-refractivity contribution in [2.45, 2.75) is 26.7 Å². The number of rotatable bonds is 4. The second kappa shape index (κ2) is 7.10. The van der Waals surface area contributed by atoms with Crippen LogP contribution in [0.1, 0.15) is 35.3 Å². The lowest BCUT2D eigenvalue weighted by Gasteiger charge is -2.16. The van der Waals surface area contributed by atoms with Gasteiger partial charge in [-0.2, -0.15) is 0 Å². The number of benzene rings is 2. The molecule has 0 saturated carbocycles. The van der Waals surface area contributed by atoms with Crippen LogP contribution in [0.15, 0.2) is 40.9 Å². The molecule has 0 spiro atoms. The SMILES string of the molecule is CCc1ccc(Cl)c(CC)c1NC(=O)c1cccc(Br)c1. The van der Waals surface area contributed by atoms with E-state index in [1.165, 1.54) is 0 Å². The van der Waals surface area contributed by atoms with Gasteiger partial charge in [-0.3, -0.25) is 4.79 Å². The molecule has 1 amide bonds. The van der Waals surface area contributed by atoms with Gasteiger partial charge in [-0.25, -0.2) is 0 Å². The van der Waals surface area contributed by atoms with Crippen molar-refractivity contribution in [3.63, 3.8) is 0 Å². The Kier molecular flexibility index (Phi) is 5.43. The van der Waals surface area contributed by atoms with Crippen molar-refractivity contribution in [3.8, 4) is 0 Å². The lowest BCUT2D eigenvalue weighted by molar-refractivity contribution is 0.102. The van der Waals surface area contributed by atoms with Crippen LogP contribution in [0.3, 0.4) is 0 Å². The molecule has 0 aliphatic heterocycles. The summed E-state index contributed by atoms with van der Waals surface area (Å²) < 4.78 is 0.882. The Morgan fingerprint density at radius 2 is 1.95 bits per heavy atom. The molecule has 0 radical (unpaired) electrons. The summed E-state index contributed by atoms with van der Waals surface area (Å²) in [4.78, 5) is 12.4. The summed E-state index contributed by atoms with van der Waals surface area (Å²) in [6.45, 7) is 4.10. The Labute approximate surface area is 138 Å². The Morgan fingerprint density at radius 3 is 2.57 bits per heavy atom. The first kappa shape index (κ1) is 16.1. The largest absolute Gasteiger partial charge is 0.321 e. The molecule has 0 atom stereocenters. The number of hydrogen-bond donors (Lipinski definition) is 1. The Bertz CT molecular complexity index is 670. The molecule has 0 aliphatic rings. The van der Waals surface area contributed by atoms with Crippen molar-refractivity contribution in [1.29, 1.82) is 0 Å². The van der Waals surface area contributed by atoms with Gasteiger partial charge < -0.3 is 5.32 Å². The van der Waals surface area contributed by atoms with E-state index in [4.69, 9.17) is 11.6 Å². The highest BCUT2D eigenvalue weighted by atomic mass is 79.9. The van der Waals surface area contributed by atoms with Gasteiger partial charge >= 0.3 is 0 Å². The van der Waals surface area contributed by atoms with Crippen LogP contribution in [0.25, 0.3) is 0 Å². The fourth-order valence-electron chi connectivity index (χ4n) is 2.28. The van der Waals surface area contributed by atoms with Crippen LogP contribution in [0.5, 0.6) is 0 Å². The molecular formula is C17H17BrClNO. The third-order valence-electron chi connectivity index (χ3n) is 3.40. The van der Waals surface area contributed by atoms with E-state index in [1.54, 1.807) is 12.1 Å². The third-order valence-corrected chi connectivity index (χ3v) is 4.25. The molecule has 0 heterocycles. The van der Waals surface area contributed by atoms with Gasteiger partial charge in [-0.1, -0.05) is 53.5 Å². The highest BCUT2D eigenvalue weighted by Gasteiger charge is 2.14. The maximum absolute atomic E-state index is 12.4. The minimum absolute atomic E-state index is 0.122. The van der Waals surface area contributed by atoms with Crippen LogP contribution >= 0.6 is 27.5 Å². The zero-order chi connectivity index (χ0) is 15.4. The van der Waals surface area contributed by atoms with E-state index >= 15 is 0 Å². The minimum Gasteiger partial charge on any atom is -0.321 e. The van der Waals surface area contributed by atoms with Crippen molar-refractivity contribution < 1.29 is 4.79 Å². The Hall–Kier alpha value is -1.32. The van der Waals surface area contributed by atoms with Gasteiger partial charge in [0, 0.05) is 20.7 Å². The topological polar surface area (TPSA) is 29.1 Å². The molecule has 21 heavy (non-hydrogen) atoms. The minimum atomic E-state index is -0.122. The van der Waals surface area contributed by atoms with Crippen LogP contribution in [-0.4, -0.2) is 5.91 Å². The highest BCUT2D eigenvalue weighted by Crippen LogP contribution is 2.30. The first-order chi connectivity index (χ1) is 10.1. The lowest BCUT2D eigenvalue weighted by Crippen LogP contribution is -2.15. The van der Waals surface area contributed by atoms with E-state index in [-0.39, 0.29) is 5.91 Å². The molecule has 2 rings (SSSR count). The molecule has 1 N–H and O–H groups in total. The molecule has 0 aliphatic carbocycles. The van der Waals surface area contributed by atoms with Gasteiger partial charge in [-0.05, 0) is 48.2 Å². The second-order valence-electron chi connectivity index (χ2n) is 4.73. The number of halogens is 2. The summed E-state index contributed by atoms with van der Waals surface area (Å²) in [7, 11) is 0. The quantitative estimate of drug-likeness (QED) is 0.762. The van der Waals surface area contributed by atoms with Crippen LogP contribution in [-0.2, 0) is 12.8 Å². The van der Waals surface area contributed by atoms with Gasteiger partial charge in [0.15, 0.2) is 0 Å². The maximum Gasteiger partial charge on any atom is 0.255 e. The first-order valence-electron chi connectivity index (χ1n) is 6.94. The highest BCUT2D eigenvalue weighted by molar-refractivity contribution is 9.10. The van der Waals surface area contributed by atoms with Crippen molar-refractivity contribution in [3.05, 3.63) is 62.6 Å². The predicted molar refractivity (Wildman–Crippen MR) is 92.3 cm³/mol. The van der Waals surface area contributed by atoms with Crippen LogP contribution in [0, 0.1) is 0 Å². The second-order valence-corrected chi connectivity index (χ2v) is 6.05. The van der Waals surface area contributed by atoms with Gasteiger partial charge in [0.25, 0.3) is 5.91 Å². The van der Waals surface area contributed by atoms with Gasteiger partial charge in [0.1, 0.15) is 0 Å². The Morgan fingerprint density at radius 1 is 1.19 bits per heavy atom. The number of amides is 1. The summed E-state index contributed by atoms with van der Waals surface area (Å²) in [5.74, 6) is -0.122. The summed E-state index contributed by atoms with van der Waals surface area (Å²) >= 11 is 9.64. The normalized spacial score (nSPS) is 10.5. The fourth-order valence-corrected chi connectivity index (χ4v) is 2.97. The smallest absolute Gasteiger partial charge is 0.255 e. The van der Waals surface area contributed by atoms with Gasteiger partial charge in [-0.15, -0.1) is 0 Å². The number of anilines is 1. The summed E-state index contributed by atoms with van der Waals surface area (Å²) in [5, 5.41) is 3.71. The van der Waals surface area contributed by atoms with Crippen molar-refractivity contribution in [2.75, 3.05) is 5.32 Å². The molecular weight excluding hydrogens is 350 g/mol. The van der Waals surface area contributed by atoms with E-state index in [1.807, 2.05) is 31.2 Å². The molecule has 0 fully saturated rings. The standard InChI is InChI=1S/C17H17BrClNO/c1-3-11-8-9-15(19)14(4-2)16(11)20-17(21)12-6-5-7-13(18)10-12/h5-10H,3-4H2,1-2H3,(H,20,21). The van der Waals surface area contributed by atoms with E-state index in [2.05, 4.69) is 28.2 Å². The zero-order valence-corrected chi connectivity index (χ0v) is 14.4. The van der Waals surface area contributed by atoms with Crippen molar-refractivity contribution in [2.24, 2.45) is 0 Å². The van der Waals surface area contributed by atoms with Crippen LogP contribution in [0.2, 0.25) is 5.02 Å². The predicted octanol–water partition coefficient (Wildman–Crippen LogP) is 5.48. The number of carbonyl (C=O) groups is 1. The number of carbonyl (C=O) groups excluding carboxylic acids is 1. The number of nitrogens with one attached hydrogen (secondary N) is 1. The van der Waals surface area contributed by atoms with E-state index in [9.17, 15) is 4.79 Å². The van der Waals surface area contributed by atoms with E-state index in [0.29, 0.717) is 10.6 Å². The molecule has 0 bridgehead atoms.